The van der Waals surface area contributed by atoms with E-state index < -0.39 is 11.8 Å². The summed E-state index contributed by atoms with van der Waals surface area (Å²) in [5.41, 5.74) is 2.69. The number of hydrogen-bond donors (Lipinski definition) is 0. The predicted molar refractivity (Wildman–Crippen MR) is 91.9 cm³/mol. The molecule has 2 aliphatic rings. The molecule has 6 heteroatoms. The Morgan fingerprint density at radius 3 is 2.96 bits per heavy atom. The van der Waals surface area contributed by atoms with Gasteiger partial charge in [0.25, 0.3) is 0 Å². The third kappa shape index (κ3) is 2.85. The van der Waals surface area contributed by atoms with Crippen molar-refractivity contribution in [2.75, 3.05) is 25.2 Å². The first-order chi connectivity index (χ1) is 12.1. The van der Waals surface area contributed by atoms with Crippen LogP contribution in [0.2, 0.25) is 0 Å². The van der Waals surface area contributed by atoms with Gasteiger partial charge in [-0.2, -0.15) is 0 Å². The van der Waals surface area contributed by atoms with Crippen molar-refractivity contribution in [2.45, 2.75) is 19.8 Å². The Labute approximate surface area is 145 Å². The third-order valence-electron chi connectivity index (χ3n) is 4.34. The number of hydrogen-bond acceptors (Lipinski definition) is 5. The SMILES string of the molecule is CCO/C=C/c1c(F)cc2c3c1CCCN3C(C(=O)OC)=CC2=C=O. The Morgan fingerprint density at radius 2 is 2.28 bits per heavy atom. The summed E-state index contributed by atoms with van der Waals surface area (Å²) in [7, 11) is 1.29. The highest BCUT2D eigenvalue weighted by Gasteiger charge is 2.34. The van der Waals surface area contributed by atoms with Gasteiger partial charge < -0.3 is 14.4 Å². The normalized spacial score (nSPS) is 15.6. The number of carbonyl (C=O) groups excluding carboxylic acids is 2. The Morgan fingerprint density at radius 1 is 1.48 bits per heavy atom. The zero-order valence-electron chi connectivity index (χ0n) is 14.1. The van der Waals surface area contributed by atoms with Gasteiger partial charge in [0.05, 0.1) is 31.2 Å². The quantitative estimate of drug-likeness (QED) is 0.478. The molecule has 0 amide bonds. The minimum absolute atomic E-state index is 0.147. The Kier molecular flexibility index (Phi) is 4.72. The molecule has 0 unspecified atom stereocenters. The number of anilines is 1. The van der Waals surface area contributed by atoms with Gasteiger partial charge in [-0.25, -0.2) is 14.0 Å². The number of benzene rings is 1. The van der Waals surface area contributed by atoms with Gasteiger partial charge in [-0.1, -0.05) is 0 Å². The monoisotopic (exact) mass is 343 g/mol. The fourth-order valence-electron chi connectivity index (χ4n) is 3.28. The maximum Gasteiger partial charge on any atom is 0.354 e. The van der Waals surface area contributed by atoms with Crippen molar-refractivity contribution in [2.24, 2.45) is 0 Å². The van der Waals surface area contributed by atoms with Crippen LogP contribution < -0.4 is 4.90 Å². The van der Waals surface area contributed by atoms with Gasteiger partial charge in [-0.05, 0) is 43.5 Å². The molecule has 0 saturated heterocycles. The minimum Gasteiger partial charge on any atom is -0.501 e. The molecule has 5 nitrogen and oxygen atoms in total. The van der Waals surface area contributed by atoms with Crippen LogP contribution in [0.5, 0.6) is 0 Å². The molecule has 0 aliphatic carbocycles. The van der Waals surface area contributed by atoms with Crippen LogP contribution in [0.3, 0.4) is 0 Å². The highest BCUT2D eigenvalue weighted by molar-refractivity contribution is 6.08. The van der Waals surface area contributed by atoms with Crippen molar-refractivity contribution in [3.05, 3.63) is 46.6 Å². The first-order valence-corrected chi connectivity index (χ1v) is 8.08. The number of esters is 1. The number of rotatable bonds is 4. The van der Waals surface area contributed by atoms with E-state index in [4.69, 9.17) is 9.47 Å². The van der Waals surface area contributed by atoms with Gasteiger partial charge in [-0.15, -0.1) is 0 Å². The summed E-state index contributed by atoms with van der Waals surface area (Å²) < 4.78 is 24.7. The van der Waals surface area contributed by atoms with E-state index in [1.807, 2.05) is 12.9 Å². The fraction of sp³-hybridized carbons (Fsp3) is 0.316. The van der Waals surface area contributed by atoms with Crippen molar-refractivity contribution in [3.8, 4) is 0 Å². The lowest BCUT2D eigenvalue weighted by Crippen LogP contribution is -2.36. The van der Waals surface area contributed by atoms with Crippen molar-refractivity contribution in [1.82, 2.24) is 0 Å². The van der Waals surface area contributed by atoms with Crippen molar-refractivity contribution in [1.29, 1.82) is 0 Å². The molecule has 2 heterocycles. The number of ether oxygens (including phenoxy) is 2. The topological polar surface area (TPSA) is 55.8 Å². The van der Waals surface area contributed by atoms with Crippen LogP contribution in [0, 0.1) is 5.82 Å². The second kappa shape index (κ2) is 6.95. The van der Waals surface area contributed by atoms with E-state index in [0.29, 0.717) is 36.4 Å². The average molecular weight is 343 g/mol. The standard InChI is InChI=1S/C19H18FNO4/c1-3-25-8-6-13-14-5-4-7-21-17(19(23)24-2)9-12(11-22)15(18(14)21)10-16(13)20/h6,8-10H,3-5,7H2,1-2H3/b8-6+. The van der Waals surface area contributed by atoms with E-state index in [0.717, 1.165) is 12.0 Å². The molecule has 1 aromatic carbocycles. The van der Waals surface area contributed by atoms with Gasteiger partial charge in [0.15, 0.2) is 0 Å². The maximum absolute atomic E-state index is 14.7. The lowest BCUT2D eigenvalue weighted by atomic mass is 9.87. The Balaban J connectivity index is 2.23. The Bertz CT molecular complexity index is 834. The highest BCUT2D eigenvalue weighted by atomic mass is 19.1. The molecule has 1 aromatic rings. The number of halogens is 1. The first-order valence-electron chi connectivity index (χ1n) is 8.08. The smallest absolute Gasteiger partial charge is 0.354 e. The maximum atomic E-state index is 14.7. The summed E-state index contributed by atoms with van der Waals surface area (Å²) in [6.07, 6.45) is 5.84. The van der Waals surface area contributed by atoms with E-state index in [9.17, 15) is 14.0 Å². The van der Waals surface area contributed by atoms with Crippen LogP contribution in [0.4, 0.5) is 10.1 Å². The number of allylic oxidation sites excluding steroid dienone is 2. The molecule has 2 aliphatic heterocycles. The van der Waals surface area contributed by atoms with E-state index >= 15 is 0 Å². The molecule has 130 valence electrons. The van der Waals surface area contributed by atoms with E-state index in [1.54, 1.807) is 11.0 Å². The molecule has 25 heavy (non-hydrogen) atoms. The molecule has 0 aromatic heterocycles. The molecule has 3 rings (SSSR count). The average Bonchev–Trinajstić information content (AvgIpc) is 2.63. The van der Waals surface area contributed by atoms with Gasteiger partial charge in [0.2, 0.25) is 0 Å². The van der Waals surface area contributed by atoms with Gasteiger partial charge in [0, 0.05) is 17.7 Å². The number of nitrogens with zero attached hydrogens (tertiary/aromatic N) is 1. The molecule has 0 atom stereocenters. The second-order valence-electron chi connectivity index (χ2n) is 5.70. The van der Waals surface area contributed by atoms with Crippen molar-refractivity contribution >= 4 is 29.2 Å². The summed E-state index contributed by atoms with van der Waals surface area (Å²) in [5.74, 6) is 0.835. The van der Waals surface area contributed by atoms with Crippen LogP contribution >= 0.6 is 0 Å². The summed E-state index contributed by atoms with van der Waals surface area (Å²) in [6, 6.07) is 1.31. The summed E-state index contributed by atoms with van der Waals surface area (Å²) >= 11 is 0. The van der Waals surface area contributed by atoms with E-state index in [2.05, 4.69) is 0 Å². The third-order valence-corrected chi connectivity index (χ3v) is 4.34. The highest BCUT2D eigenvalue weighted by Crippen LogP contribution is 2.43. The number of methoxy groups -OCH3 is 1. The molecular formula is C19H18FNO4. The first kappa shape index (κ1) is 17.0. The van der Waals surface area contributed by atoms with Gasteiger partial charge in [-0.3, -0.25) is 0 Å². The molecule has 0 N–H and O–H groups in total. The van der Waals surface area contributed by atoms with Crippen LogP contribution in [-0.4, -0.2) is 32.2 Å². The van der Waals surface area contributed by atoms with Gasteiger partial charge >= 0.3 is 5.97 Å². The Hall–Kier alpha value is -2.85. The molecule has 0 fully saturated rings. The molecule has 0 radical (unpaired) electrons. The zero-order chi connectivity index (χ0) is 18.0. The minimum atomic E-state index is -0.540. The zero-order valence-corrected chi connectivity index (χ0v) is 14.1. The predicted octanol–water partition coefficient (Wildman–Crippen LogP) is 2.87. The molecule has 0 bridgehead atoms. The molecule has 0 saturated carbocycles. The van der Waals surface area contributed by atoms with Crippen LogP contribution in [0.25, 0.3) is 11.6 Å². The van der Waals surface area contributed by atoms with Crippen LogP contribution in [0.15, 0.2) is 24.1 Å². The van der Waals surface area contributed by atoms with Crippen molar-refractivity contribution < 1.29 is 23.5 Å². The lowest BCUT2D eigenvalue weighted by Gasteiger charge is -2.37. The summed E-state index contributed by atoms with van der Waals surface area (Å²) in [4.78, 5) is 25.3. The van der Waals surface area contributed by atoms with Crippen LogP contribution in [-0.2, 0) is 25.5 Å². The van der Waals surface area contributed by atoms with Gasteiger partial charge in [0.1, 0.15) is 17.5 Å². The molecule has 0 spiro atoms. The largest absolute Gasteiger partial charge is 0.501 e. The van der Waals surface area contributed by atoms with Crippen molar-refractivity contribution in [3.63, 3.8) is 0 Å². The molecular weight excluding hydrogens is 325 g/mol. The number of carbonyl (C=O) groups is 1. The summed E-state index contributed by atoms with van der Waals surface area (Å²) in [6.45, 7) is 2.92. The van der Waals surface area contributed by atoms with E-state index in [1.165, 1.54) is 25.5 Å². The fourth-order valence-corrected chi connectivity index (χ4v) is 3.28. The lowest BCUT2D eigenvalue weighted by molar-refractivity contribution is -0.136. The second-order valence-corrected chi connectivity index (χ2v) is 5.70. The van der Waals surface area contributed by atoms with Crippen LogP contribution in [0.1, 0.15) is 30.0 Å². The summed E-state index contributed by atoms with van der Waals surface area (Å²) in [5, 5.41) is 0. The van der Waals surface area contributed by atoms with E-state index in [-0.39, 0.29) is 11.3 Å².